The number of aliphatic hydroxyl groups excluding tert-OH is 1. The van der Waals surface area contributed by atoms with Gasteiger partial charge < -0.3 is 24.8 Å². The molecule has 2 aliphatic rings. The number of phenolic OH excluding ortho intramolecular Hbond substituents is 1. The Hall–Kier alpha value is -3.20. The van der Waals surface area contributed by atoms with Crippen LogP contribution in [0, 0.1) is 0 Å². The minimum absolute atomic E-state index is 0.0168. The SMILES string of the molecule is CC(C)c1nc(C(=O)N2CCOC3(CCN(Cc4cccc(CC(F)NCC(O)c5ccc(O)c6[nH]c(=O)sc56)c4)CC3)C2)cs1. The molecule has 0 bridgehead atoms. The summed E-state index contributed by atoms with van der Waals surface area (Å²) in [5.74, 6) is 0.210. The van der Waals surface area contributed by atoms with E-state index in [1.807, 2.05) is 34.5 Å². The highest BCUT2D eigenvalue weighted by Gasteiger charge is 2.41. The number of aromatic hydroxyl groups is 1. The zero-order valence-corrected chi connectivity index (χ0v) is 27.6. The number of hydrogen-bond acceptors (Lipinski definition) is 10. The number of piperidine rings is 1. The number of aromatic nitrogens is 2. The molecule has 2 unspecified atom stereocenters. The molecule has 4 heterocycles. The van der Waals surface area contributed by atoms with Crippen LogP contribution in [-0.4, -0.2) is 87.1 Å². The highest BCUT2D eigenvalue weighted by Crippen LogP contribution is 2.33. The normalized spacial score (nSPS) is 18.4. The largest absolute Gasteiger partial charge is 0.506 e. The minimum Gasteiger partial charge on any atom is -0.506 e. The Morgan fingerprint density at radius 3 is 2.74 bits per heavy atom. The summed E-state index contributed by atoms with van der Waals surface area (Å²) in [7, 11) is 0. The average molecular weight is 670 g/mol. The van der Waals surface area contributed by atoms with Crippen LogP contribution in [0.15, 0.2) is 46.6 Å². The molecule has 0 saturated carbocycles. The summed E-state index contributed by atoms with van der Waals surface area (Å²) in [5.41, 5.74) is 2.87. The van der Waals surface area contributed by atoms with E-state index in [1.54, 1.807) is 6.07 Å². The third-order valence-electron chi connectivity index (χ3n) is 8.83. The number of halogens is 1. The van der Waals surface area contributed by atoms with E-state index < -0.39 is 12.4 Å². The highest BCUT2D eigenvalue weighted by atomic mass is 32.1. The van der Waals surface area contributed by atoms with E-state index >= 15 is 4.39 Å². The van der Waals surface area contributed by atoms with Crippen LogP contribution >= 0.6 is 22.7 Å². The molecule has 10 nitrogen and oxygen atoms in total. The fourth-order valence-corrected chi connectivity index (χ4v) is 8.02. The average Bonchev–Trinajstić information content (AvgIpc) is 3.69. The maximum atomic E-state index is 15.0. The Morgan fingerprint density at radius 1 is 1.20 bits per heavy atom. The molecule has 13 heteroatoms. The van der Waals surface area contributed by atoms with E-state index in [9.17, 15) is 19.8 Å². The summed E-state index contributed by atoms with van der Waals surface area (Å²) in [5, 5.41) is 26.3. The smallest absolute Gasteiger partial charge is 0.305 e. The molecule has 2 aliphatic heterocycles. The zero-order valence-electron chi connectivity index (χ0n) is 26.0. The van der Waals surface area contributed by atoms with Crippen molar-refractivity contribution in [3.8, 4) is 5.75 Å². The number of aliphatic hydroxyl groups is 1. The van der Waals surface area contributed by atoms with Crippen molar-refractivity contribution in [2.75, 3.05) is 39.3 Å². The van der Waals surface area contributed by atoms with Gasteiger partial charge in [-0.15, -0.1) is 11.3 Å². The molecule has 2 saturated heterocycles. The number of carbonyl (C=O) groups is 1. The fourth-order valence-electron chi connectivity index (χ4n) is 6.30. The molecule has 1 spiro atoms. The predicted octanol–water partition coefficient (Wildman–Crippen LogP) is 4.54. The van der Waals surface area contributed by atoms with Gasteiger partial charge in [-0.25, -0.2) is 9.37 Å². The number of nitrogens with one attached hydrogen (secondary N) is 2. The van der Waals surface area contributed by atoms with Crippen molar-refractivity contribution < 1.29 is 24.1 Å². The van der Waals surface area contributed by atoms with Crippen molar-refractivity contribution in [2.24, 2.45) is 0 Å². The van der Waals surface area contributed by atoms with Crippen LogP contribution in [0.1, 0.15) is 70.9 Å². The van der Waals surface area contributed by atoms with Gasteiger partial charge in [-0.1, -0.05) is 55.5 Å². The highest BCUT2D eigenvalue weighted by molar-refractivity contribution is 7.16. The van der Waals surface area contributed by atoms with Crippen molar-refractivity contribution in [1.29, 1.82) is 0 Å². The van der Waals surface area contributed by atoms with E-state index in [4.69, 9.17) is 4.74 Å². The van der Waals surface area contributed by atoms with Crippen LogP contribution in [0.3, 0.4) is 0 Å². The summed E-state index contributed by atoms with van der Waals surface area (Å²) in [6, 6.07) is 10.9. The fraction of sp³-hybridized carbons (Fsp3) is 0.485. The second-order valence-electron chi connectivity index (χ2n) is 12.6. The Kier molecular flexibility index (Phi) is 9.88. The second-order valence-corrected chi connectivity index (χ2v) is 14.4. The quantitative estimate of drug-likeness (QED) is 0.181. The summed E-state index contributed by atoms with van der Waals surface area (Å²) in [6.45, 7) is 8.21. The van der Waals surface area contributed by atoms with E-state index in [-0.39, 0.29) is 40.6 Å². The van der Waals surface area contributed by atoms with Crippen LogP contribution in [0.4, 0.5) is 4.39 Å². The number of benzene rings is 2. The number of amides is 1. The number of morpholine rings is 1. The summed E-state index contributed by atoms with van der Waals surface area (Å²) >= 11 is 2.44. The number of carbonyl (C=O) groups excluding carboxylic acids is 1. The van der Waals surface area contributed by atoms with Crippen LogP contribution < -0.4 is 10.2 Å². The Labute approximate surface area is 274 Å². The lowest BCUT2D eigenvalue weighted by molar-refractivity contribution is -0.128. The molecule has 1 amide bonds. The third kappa shape index (κ3) is 7.35. The summed E-state index contributed by atoms with van der Waals surface area (Å²) in [6.07, 6.45) is -0.633. The van der Waals surface area contributed by atoms with Gasteiger partial charge in [0.25, 0.3) is 5.91 Å². The Balaban J connectivity index is 0.988. The molecular weight excluding hydrogens is 630 g/mol. The van der Waals surface area contributed by atoms with Crippen LogP contribution in [0.2, 0.25) is 0 Å². The van der Waals surface area contributed by atoms with Gasteiger partial charge in [-0.3, -0.25) is 19.8 Å². The topological polar surface area (TPSA) is 131 Å². The molecule has 2 aromatic heterocycles. The molecule has 2 fully saturated rings. The lowest BCUT2D eigenvalue weighted by Crippen LogP contribution is -2.58. The summed E-state index contributed by atoms with van der Waals surface area (Å²) < 4.78 is 21.8. The number of H-pyrrole nitrogens is 1. The molecule has 46 heavy (non-hydrogen) atoms. The third-order valence-corrected chi connectivity index (χ3v) is 10.9. The summed E-state index contributed by atoms with van der Waals surface area (Å²) in [4.78, 5) is 36.1. The number of likely N-dealkylation sites (tertiary alicyclic amines) is 1. The number of thiazole rings is 2. The van der Waals surface area contributed by atoms with Crippen molar-refractivity contribution in [3.05, 3.63) is 78.8 Å². The molecular formula is C33H40FN5O5S2. The van der Waals surface area contributed by atoms with Gasteiger partial charge in [0.2, 0.25) is 0 Å². The van der Waals surface area contributed by atoms with Crippen molar-refractivity contribution >= 4 is 38.8 Å². The van der Waals surface area contributed by atoms with Gasteiger partial charge in [0.1, 0.15) is 17.0 Å². The van der Waals surface area contributed by atoms with Crippen LogP contribution in [0.25, 0.3) is 10.2 Å². The van der Waals surface area contributed by atoms with Crippen molar-refractivity contribution in [2.45, 2.75) is 63.6 Å². The molecule has 4 aromatic rings. The van der Waals surface area contributed by atoms with E-state index in [2.05, 4.69) is 34.0 Å². The van der Waals surface area contributed by atoms with Crippen LogP contribution in [-0.2, 0) is 17.7 Å². The number of ether oxygens (including phenoxy) is 1. The zero-order chi connectivity index (χ0) is 32.4. The molecule has 2 aromatic carbocycles. The molecule has 4 N–H and O–H groups in total. The van der Waals surface area contributed by atoms with E-state index in [0.717, 1.165) is 59.9 Å². The van der Waals surface area contributed by atoms with E-state index in [1.165, 1.54) is 17.4 Å². The van der Waals surface area contributed by atoms with E-state index in [0.29, 0.717) is 41.6 Å². The van der Waals surface area contributed by atoms with Gasteiger partial charge in [0.15, 0.2) is 6.30 Å². The number of hydrogen-bond donors (Lipinski definition) is 4. The monoisotopic (exact) mass is 669 g/mol. The predicted molar refractivity (Wildman–Crippen MR) is 177 cm³/mol. The van der Waals surface area contributed by atoms with Crippen molar-refractivity contribution in [1.82, 2.24) is 25.1 Å². The second kappa shape index (κ2) is 13.9. The lowest BCUT2D eigenvalue weighted by atomic mass is 9.89. The van der Waals surface area contributed by atoms with Gasteiger partial charge in [0, 0.05) is 56.0 Å². The molecule has 2 atom stereocenters. The Morgan fingerprint density at radius 2 is 1.98 bits per heavy atom. The molecule has 0 radical (unpaired) electrons. The number of phenols is 1. The number of aromatic amines is 1. The van der Waals surface area contributed by atoms with Crippen molar-refractivity contribution in [3.63, 3.8) is 0 Å². The molecule has 246 valence electrons. The maximum absolute atomic E-state index is 15.0. The maximum Gasteiger partial charge on any atom is 0.305 e. The Bertz CT molecular complexity index is 1730. The molecule has 6 rings (SSSR count). The first-order valence-electron chi connectivity index (χ1n) is 15.7. The first-order valence-corrected chi connectivity index (χ1v) is 17.4. The lowest BCUT2D eigenvalue weighted by Gasteiger charge is -2.47. The number of fused-ring (bicyclic) bond motifs is 1. The van der Waals surface area contributed by atoms with Gasteiger partial charge in [-0.05, 0) is 30.0 Å². The van der Waals surface area contributed by atoms with Gasteiger partial charge >= 0.3 is 4.87 Å². The molecule has 0 aliphatic carbocycles. The standard InChI is InChI=1S/C33H40FN5O5S2/c1-20(2)30-36-24(18-45-30)31(42)39-12-13-44-33(19-39)8-10-38(11-9-33)17-22-5-3-4-21(14-22)15-27(34)35-16-26(41)23-6-7-25(40)28-29(23)46-32(43)37-28/h3-7,14,18,20,26-27,35,40-41H,8-13,15-17,19H2,1-2H3,(H,37,43). The first-order chi connectivity index (χ1) is 22.1. The first kappa shape index (κ1) is 32.7. The number of nitrogens with zero attached hydrogens (tertiary/aromatic N) is 3. The number of alkyl halides is 1. The number of rotatable bonds is 10. The van der Waals surface area contributed by atoms with Gasteiger partial charge in [0.05, 0.1) is 34.6 Å². The van der Waals surface area contributed by atoms with Crippen LogP contribution in [0.5, 0.6) is 5.75 Å². The minimum atomic E-state index is -1.38. The van der Waals surface area contributed by atoms with Gasteiger partial charge in [-0.2, -0.15) is 0 Å².